The summed E-state index contributed by atoms with van der Waals surface area (Å²) in [6.07, 6.45) is 4.45. The fourth-order valence-electron chi connectivity index (χ4n) is 2.64. The van der Waals surface area contributed by atoms with E-state index in [9.17, 15) is 0 Å². The van der Waals surface area contributed by atoms with E-state index < -0.39 is 0 Å². The average Bonchev–Trinajstić information content (AvgIpc) is 2.93. The van der Waals surface area contributed by atoms with Crippen LogP contribution in [0.25, 0.3) is 0 Å². The molecule has 1 aromatic rings. The molecule has 2 heterocycles. The zero-order valence-electron chi connectivity index (χ0n) is 11.3. The van der Waals surface area contributed by atoms with Gasteiger partial charge in [-0.05, 0) is 33.2 Å². The Hall–Kier alpha value is -0.580. The van der Waals surface area contributed by atoms with Gasteiger partial charge in [0.2, 0.25) is 0 Å². The lowest BCUT2D eigenvalue weighted by molar-refractivity contribution is 0.0300. The molecule has 0 bridgehead atoms. The molecule has 0 spiro atoms. The van der Waals surface area contributed by atoms with E-state index in [0.29, 0.717) is 6.10 Å². The second-order valence-electron chi connectivity index (χ2n) is 4.79. The molecule has 18 heavy (non-hydrogen) atoms. The van der Waals surface area contributed by atoms with Gasteiger partial charge in [0.05, 0.1) is 35.2 Å². The van der Waals surface area contributed by atoms with Gasteiger partial charge in [-0.2, -0.15) is 5.10 Å². The normalized spacial score (nSPS) is 25.6. The van der Waals surface area contributed by atoms with Gasteiger partial charge in [0.15, 0.2) is 0 Å². The van der Waals surface area contributed by atoms with Gasteiger partial charge < -0.3 is 10.1 Å². The van der Waals surface area contributed by atoms with Crippen LogP contribution in [0.1, 0.15) is 45.3 Å². The summed E-state index contributed by atoms with van der Waals surface area (Å²) in [4.78, 5) is 0. The maximum Gasteiger partial charge on any atom is 0.0835 e. The summed E-state index contributed by atoms with van der Waals surface area (Å²) in [5.74, 6) is 0. The van der Waals surface area contributed by atoms with E-state index in [1.54, 1.807) is 6.20 Å². The van der Waals surface area contributed by atoms with Crippen molar-refractivity contribution in [2.45, 2.75) is 58.4 Å². The molecule has 1 aliphatic heterocycles. The third kappa shape index (κ3) is 2.71. The van der Waals surface area contributed by atoms with Gasteiger partial charge in [-0.1, -0.05) is 18.5 Å². The molecule has 1 N–H and O–H groups in total. The van der Waals surface area contributed by atoms with Crippen molar-refractivity contribution in [3.05, 3.63) is 16.9 Å². The maximum absolute atomic E-state index is 6.29. The number of rotatable bonds is 5. The van der Waals surface area contributed by atoms with Crippen LogP contribution < -0.4 is 5.32 Å². The Bertz CT molecular complexity index is 394. The number of ether oxygens (including phenoxy) is 1. The van der Waals surface area contributed by atoms with Crippen LogP contribution in [0.3, 0.4) is 0 Å². The molecule has 1 fully saturated rings. The van der Waals surface area contributed by atoms with Crippen LogP contribution >= 0.6 is 11.6 Å². The van der Waals surface area contributed by atoms with Crippen molar-refractivity contribution in [2.75, 3.05) is 6.54 Å². The zero-order chi connectivity index (χ0) is 13.1. The quantitative estimate of drug-likeness (QED) is 0.895. The molecule has 3 unspecified atom stereocenters. The van der Waals surface area contributed by atoms with Crippen molar-refractivity contribution in [1.82, 2.24) is 15.1 Å². The summed E-state index contributed by atoms with van der Waals surface area (Å²) >= 11 is 6.29. The zero-order valence-corrected chi connectivity index (χ0v) is 12.1. The van der Waals surface area contributed by atoms with Crippen LogP contribution in [0.15, 0.2) is 6.20 Å². The van der Waals surface area contributed by atoms with Crippen molar-refractivity contribution in [2.24, 2.45) is 0 Å². The second-order valence-corrected chi connectivity index (χ2v) is 5.20. The third-order valence-electron chi connectivity index (χ3n) is 3.49. The minimum atomic E-state index is 0.134. The molecule has 1 saturated heterocycles. The van der Waals surface area contributed by atoms with Crippen LogP contribution in [0, 0.1) is 0 Å². The van der Waals surface area contributed by atoms with E-state index >= 15 is 0 Å². The summed E-state index contributed by atoms with van der Waals surface area (Å²) < 4.78 is 7.95. The van der Waals surface area contributed by atoms with Crippen molar-refractivity contribution in [1.29, 1.82) is 0 Å². The maximum atomic E-state index is 6.29. The van der Waals surface area contributed by atoms with Crippen molar-refractivity contribution in [3.63, 3.8) is 0 Å². The first-order valence-corrected chi connectivity index (χ1v) is 7.15. The van der Waals surface area contributed by atoms with E-state index in [4.69, 9.17) is 16.3 Å². The van der Waals surface area contributed by atoms with Crippen molar-refractivity contribution in [3.8, 4) is 0 Å². The molecule has 4 nitrogen and oxygen atoms in total. The molecule has 102 valence electrons. The van der Waals surface area contributed by atoms with Gasteiger partial charge in [0, 0.05) is 6.54 Å². The Morgan fingerprint density at radius 3 is 2.89 bits per heavy atom. The Labute approximate surface area is 114 Å². The number of nitrogens with zero attached hydrogens (tertiary/aromatic N) is 2. The second kappa shape index (κ2) is 6.04. The highest BCUT2D eigenvalue weighted by molar-refractivity contribution is 6.31. The van der Waals surface area contributed by atoms with Gasteiger partial charge >= 0.3 is 0 Å². The summed E-state index contributed by atoms with van der Waals surface area (Å²) in [6, 6.07) is 0.134. The Morgan fingerprint density at radius 2 is 2.33 bits per heavy atom. The number of nitrogens with one attached hydrogen (secondary N) is 1. The molecule has 0 aromatic carbocycles. The SMILES string of the molecule is CCNC(c1c(Cl)cnn1CC)C1CCC(C)O1. The predicted molar refractivity (Wildman–Crippen MR) is 72.9 cm³/mol. The van der Waals surface area contributed by atoms with E-state index in [-0.39, 0.29) is 12.1 Å². The molecule has 0 saturated carbocycles. The minimum Gasteiger partial charge on any atom is -0.373 e. The molecule has 1 aliphatic rings. The predicted octanol–water partition coefficient (Wildman–Crippen LogP) is 2.77. The summed E-state index contributed by atoms with van der Waals surface area (Å²) in [7, 11) is 0. The Kier molecular flexibility index (Phi) is 4.65. The van der Waals surface area contributed by atoms with Gasteiger partial charge in [-0.15, -0.1) is 0 Å². The number of aryl methyl sites for hydroxylation is 1. The first-order chi connectivity index (χ1) is 8.67. The van der Waals surface area contributed by atoms with E-state index in [1.807, 2.05) is 4.68 Å². The van der Waals surface area contributed by atoms with Crippen molar-refractivity contribution < 1.29 is 4.74 Å². The van der Waals surface area contributed by atoms with Gasteiger partial charge in [0.1, 0.15) is 0 Å². The average molecular weight is 272 g/mol. The number of aromatic nitrogens is 2. The largest absolute Gasteiger partial charge is 0.373 e. The lowest BCUT2D eigenvalue weighted by Crippen LogP contribution is -2.34. The molecule has 0 aliphatic carbocycles. The molecule has 5 heteroatoms. The highest BCUT2D eigenvalue weighted by Crippen LogP contribution is 2.33. The number of likely N-dealkylation sites (N-methyl/N-ethyl adjacent to an activating group) is 1. The number of hydrogen-bond donors (Lipinski definition) is 1. The monoisotopic (exact) mass is 271 g/mol. The topological polar surface area (TPSA) is 39.1 Å². The lowest BCUT2D eigenvalue weighted by Gasteiger charge is -2.25. The van der Waals surface area contributed by atoms with E-state index in [0.717, 1.165) is 36.6 Å². The van der Waals surface area contributed by atoms with E-state index in [2.05, 4.69) is 31.2 Å². The van der Waals surface area contributed by atoms with E-state index in [1.165, 1.54) is 0 Å². The summed E-state index contributed by atoms with van der Waals surface area (Å²) in [6.45, 7) is 8.03. The molecule has 2 rings (SSSR count). The molecule has 3 atom stereocenters. The van der Waals surface area contributed by atoms with Crippen LogP contribution in [0.2, 0.25) is 5.02 Å². The first kappa shape index (κ1) is 13.8. The fourth-order valence-corrected chi connectivity index (χ4v) is 2.89. The Morgan fingerprint density at radius 1 is 1.56 bits per heavy atom. The number of halogens is 1. The third-order valence-corrected chi connectivity index (χ3v) is 3.78. The van der Waals surface area contributed by atoms with Crippen LogP contribution in [-0.4, -0.2) is 28.5 Å². The molecule has 0 amide bonds. The minimum absolute atomic E-state index is 0.134. The summed E-state index contributed by atoms with van der Waals surface area (Å²) in [5, 5.41) is 8.54. The standard InChI is InChI=1S/C13H22ClN3O/c1-4-15-12(11-7-6-9(3)18-11)13-10(14)8-16-17(13)5-2/h8-9,11-12,15H,4-7H2,1-3H3. The smallest absolute Gasteiger partial charge is 0.0835 e. The van der Waals surface area contributed by atoms with Crippen LogP contribution in [0.4, 0.5) is 0 Å². The molecule has 1 aromatic heterocycles. The van der Waals surface area contributed by atoms with Gasteiger partial charge in [0.25, 0.3) is 0 Å². The van der Waals surface area contributed by atoms with Crippen LogP contribution in [0.5, 0.6) is 0 Å². The first-order valence-electron chi connectivity index (χ1n) is 6.77. The van der Waals surface area contributed by atoms with Gasteiger partial charge in [-0.25, -0.2) is 0 Å². The molecule has 0 radical (unpaired) electrons. The van der Waals surface area contributed by atoms with Crippen LogP contribution in [-0.2, 0) is 11.3 Å². The lowest BCUT2D eigenvalue weighted by atomic mass is 10.0. The molecular weight excluding hydrogens is 250 g/mol. The summed E-state index contributed by atoms with van der Waals surface area (Å²) in [5.41, 5.74) is 1.06. The Balaban J connectivity index is 2.26. The highest BCUT2D eigenvalue weighted by atomic mass is 35.5. The highest BCUT2D eigenvalue weighted by Gasteiger charge is 2.33. The van der Waals surface area contributed by atoms with Crippen molar-refractivity contribution >= 4 is 11.6 Å². The fraction of sp³-hybridized carbons (Fsp3) is 0.769. The molecular formula is C13H22ClN3O. The van der Waals surface area contributed by atoms with Gasteiger partial charge in [-0.3, -0.25) is 4.68 Å². The number of hydrogen-bond acceptors (Lipinski definition) is 3.